The Morgan fingerprint density at radius 3 is 2.47 bits per heavy atom. The zero-order chi connectivity index (χ0) is 11.4. The predicted molar refractivity (Wildman–Crippen MR) is 61.6 cm³/mol. The maximum atomic E-state index is 12.0. The van der Waals surface area contributed by atoms with Crippen LogP contribution in [0.2, 0.25) is 0 Å². The summed E-state index contributed by atoms with van der Waals surface area (Å²) in [7, 11) is 1.77. The summed E-state index contributed by atoms with van der Waals surface area (Å²) in [4.78, 5) is 17.7. The normalized spacial score (nSPS) is 12.6. The molecule has 0 aliphatic heterocycles. The molecule has 1 rings (SSSR count). The highest BCUT2D eigenvalue weighted by Crippen LogP contribution is 2.16. The fourth-order valence-electron chi connectivity index (χ4n) is 1.26. The summed E-state index contributed by atoms with van der Waals surface area (Å²) in [6, 6.07) is 5.56. The number of nitrogens with zero attached hydrogens (tertiary/aromatic N) is 2. The standard InChI is InChI=1S/C12H18N2O/c1-9(2)10(3)12(15)14(4)11-7-5-6-8-13-11/h5-10H,1-4H3/t10-/m1/s1. The number of carbonyl (C=O) groups excluding carboxylic acids is 1. The van der Waals surface area contributed by atoms with E-state index in [1.54, 1.807) is 18.1 Å². The van der Waals surface area contributed by atoms with Crippen LogP contribution in [0.3, 0.4) is 0 Å². The first kappa shape index (κ1) is 11.7. The SMILES string of the molecule is CC(C)[C@@H](C)C(=O)N(C)c1ccccn1. The average Bonchev–Trinajstić information content (AvgIpc) is 2.27. The molecular formula is C12H18N2O. The van der Waals surface area contributed by atoms with Gasteiger partial charge in [-0.1, -0.05) is 26.8 Å². The van der Waals surface area contributed by atoms with Gasteiger partial charge in [-0.05, 0) is 18.1 Å². The molecule has 0 unspecified atom stereocenters. The van der Waals surface area contributed by atoms with Crippen LogP contribution in [0.1, 0.15) is 20.8 Å². The van der Waals surface area contributed by atoms with Crippen LogP contribution in [0.15, 0.2) is 24.4 Å². The molecule has 3 nitrogen and oxygen atoms in total. The molecule has 0 fully saturated rings. The fourth-order valence-corrected chi connectivity index (χ4v) is 1.26. The Balaban J connectivity index is 2.78. The topological polar surface area (TPSA) is 33.2 Å². The Morgan fingerprint density at radius 2 is 2.00 bits per heavy atom. The van der Waals surface area contributed by atoms with Gasteiger partial charge in [-0.25, -0.2) is 4.98 Å². The van der Waals surface area contributed by atoms with Crippen molar-refractivity contribution in [2.75, 3.05) is 11.9 Å². The first-order chi connectivity index (χ1) is 7.04. The summed E-state index contributed by atoms with van der Waals surface area (Å²) >= 11 is 0. The van der Waals surface area contributed by atoms with Crippen LogP contribution in [0, 0.1) is 11.8 Å². The van der Waals surface area contributed by atoms with Crippen molar-refractivity contribution in [2.24, 2.45) is 11.8 Å². The van der Waals surface area contributed by atoms with E-state index in [2.05, 4.69) is 18.8 Å². The molecule has 1 heterocycles. The third-order valence-corrected chi connectivity index (χ3v) is 2.71. The Morgan fingerprint density at radius 1 is 1.33 bits per heavy atom. The molecule has 82 valence electrons. The molecule has 0 aromatic carbocycles. The minimum Gasteiger partial charge on any atom is -0.300 e. The minimum atomic E-state index is 0.0250. The molecular weight excluding hydrogens is 188 g/mol. The van der Waals surface area contributed by atoms with E-state index >= 15 is 0 Å². The zero-order valence-corrected chi connectivity index (χ0v) is 9.77. The molecule has 0 bridgehead atoms. The molecule has 0 saturated carbocycles. The van der Waals surface area contributed by atoms with E-state index in [1.807, 2.05) is 25.1 Å². The van der Waals surface area contributed by atoms with E-state index in [9.17, 15) is 4.79 Å². The zero-order valence-electron chi connectivity index (χ0n) is 9.77. The van der Waals surface area contributed by atoms with Crippen LogP contribution in [0.5, 0.6) is 0 Å². The summed E-state index contributed by atoms with van der Waals surface area (Å²) in [6.07, 6.45) is 1.69. The van der Waals surface area contributed by atoms with Gasteiger partial charge in [0.05, 0.1) is 0 Å². The number of hydrogen-bond donors (Lipinski definition) is 0. The van der Waals surface area contributed by atoms with E-state index in [4.69, 9.17) is 0 Å². The summed E-state index contributed by atoms with van der Waals surface area (Å²) in [5.74, 6) is 1.19. The third-order valence-electron chi connectivity index (χ3n) is 2.71. The molecule has 1 amide bonds. The van der Waals surface area contributed by atoms with E-state index in [0.29, 0.717) is 11.7 Å². The van der Waals surface area contributed by atoms with Gasteiger partial charge < -0.3 is 0 Å². The van der Waals surface area contributed by atoms with Gasteiger partial charge in [-0.15, -0.1) is 0 Å². The Bertz CT molecular complexity index is 322. The summed E-state index contributed by atoms with van der Waals surface area (Å²) < 4.78 is 0. The molecule has 0 aliphatic rings. The lowest BCUT2D eigenvalue weighted by Crippen LogP contribution is -2.34. The number of hydrogen-bond acceptors (Lipinski definition) is 2. The van der Waals surface area contributed by atoms with Crippen molar-refractivity contribution in [3.8, 4) is 0 Å². The van der Waals surface area contributed by atoms with Crippen LogP contribution in [0.25, 0.3) is 0 Å². The highest BCUT2D eigenvalue weighted by Gasteiger charge is 2.21. The molecule has 0 radical (unpaired) electrons. The largest absolute Gasteiger partial charge is 0.300 e. The number of rotatable bonds is 3. The van der Waals surface area contributed by atoms with Gasteiger partial charge in [-0.2, -0.15) is 0 Å². The van der Waals surface area contributed by atoms with Crippen molar-refractivity contribution in [1.29, 1.82) is 0 Å². The van der Waals surface area contributed by atoms with Crippen molar-refractivity contribution in [2.45, 2.75) is 20.8 Å². The monoisotopic (exact) mass is 206 g/mol. The lowest BCUT2D eigenvalue weighted by atomic mass is 9.97. The Labute approximate surface area is 91.1 Å². The van der Waals surface area contributed by atoms with E-state index in [0.717, 1.165) is 0 Å². The second-order valence-corrected chi connectivity index (χ2v) is 4.12. The molecule has 1 aromatic rings. The number of amides is 1. The number of pyridine rings is 1. The number of anilines is 1. The van der Waals surface area contributed by atoms with Crippen LogP contribution < -0.4 is 4.90 Å². The van der Waals surface area contributed by atoms with Crippen LogP contribution >= 0.6 is 0 Å². The van der Waals surface area contributed by atoms with E-state index < -0.39 is 0 Å². The van der Waals surface area contributed by atoms with Gasteiger partial charge in [0.2, 0.25) is 5.91 Å². The van der Waals surface area contributed by atoms with Crippen LogP contribution in [-0.4, -0.2) is 17.9 Å². The fraction of sp³-hybridized carbons (Fsp3) is 0.500. The highest BCUT2D eigenvalue weighted by atomic mass is 16.2. The Hall–Kier alpha value is -1.38. The summed E-state index contributed by atoms with van der Waals surface area (Å²) in [5.41, 5.74) is 0. The van der Waals surface area contributed by atoms with Gasteiger partial charge in [0.15, 0.2) is 0 Å². The van der Waals surface area contributed by atoms with Crippen molar-refractivity contribution in [1.82, 2.24) is 4.98 Å². The molecule has 0 spiro atoms. The minimum absolute atomic E-state index is 0.0250. The molecule has 0 saturated heterocycles. The van der Waals surface area contributed by atoms with E-state index in [-0.39, 0.29) is 11.8 Å². The molecule has 1 atom stereocenters. The van der Waals surface area contributed by atoms with Crippen molar-refractivity contribution < 1.29 is 4.79 Å². The lowest BCUT2D eigenvalue weighted by Gasteiger charge is -2.22. The van der Waals surface area contributed by atoms with Crippen LogP contribution in [-0.2, 0) is 4.79 Å². The first-order valence-electron chi connectivity index (χ1n) is 5.22. The smallest absolute Gasteiger partial charge is 0.230 e. The van der Waals surface area contributed by atoms with Crippen LogP contribution in [0.4, 0.5) is 5.82 Å². The van der Waals surface area contributed by atoms with Crippen molar-refractivity contribution in [3.05, 3.63) is 24.4 Å². The average molecular weight is 206 g/mol. The number of aromatic nitrogens is 1. The summed E-state index contributed by atoms with van der Waals surface area (Å²) in [5, 5.41) is 0. The highest BCUT2D eigenvalue weighted by molar-refractivity contribution is 5.93. The number of carbonyl (C=O) groups is 1. The van der Waals surface area contributed by atoms with Gasteiger partial charge in [0.1, 0.15) is 5.82 Å². The van der Waals surface area contributed by atoms with Gasteiger partial charge in [-0.3, -0.25) is 9.69 Å². The van der Waals surface area contributed by atoms with Gasteiger partial charge >= 0.3 is 0 Å². The maximum absolute atomic E-state index is 12.0. The van der Waals surface area contributed by atoms with Gasteiger partial charge in [0.25, 0.3) is 0 Å². The molecule has 3 heteroatoms. The summed E-state index contributed by atoms with van der Waals surface area (Å²) in [6.45, 7) is 6.05. The predicted octanol–water partition coefficient (Wildman–Crippen LogP) is 2.34. The molecule has 15 heavy (non-hydrogen) atoms. The quantitative estimate of drug-likeness (QED) is 0.760. The third kappa shape index (κ3) is 2.78. The second-order valence-electron chi connectivity index (χ2n) is 4.12. The van der Waals surface area contributed by atoms with E-state index in [1.165, 1.54) is 0 Å². The second kappa shape index (κ2) is 4.91. The Kier molecular flexibility index (Phi) is 3.83. The lowest BCUT2D eigenvalue weighted by molar-refractivity contribution is -0.122. The van der Waals surface area contributed by atoms with Crippen molar-refractivity contribution >= 4 is 11.7 Å². The first-order valence-corrected chi connectivity index (χ1v) is 5.22. The van der Waals surface area contributed by atoms with Crippen molar-refractivity contribution in [3.63, 3.8) is 0 Å². The molecule has 0 aliphatic carbocycles. The van der Waals surface area contributed by atoms with Gasteiger partial charge in [0, 0.05) is 19.2 Å². The maximum Gasteiger partial charge on any atom is 0.230 e. The molecule has 0 N–H and O–H groups in total. The molecule has 1 aromatic heterocycles.